The Hall–Kier alpha value is -3.08. The van der Waals surface area contributed by atoms with Gasteiger partial charge < -0.3 is 20.4 Å². The van der Waals surface area contributed by atoms with E-state index < -0.39 is 11.7 Å². The van der Waals surface area contributed by atoms with Gasteiger partial charge in [-0.15, -0.1) is 12.4 Å². The Balaban J connectivity index is 0.00000324. The molecule has 3 heterocycles. The van der Waals surface area contributed by atoms with Gasteiger partial charge in [-0.3, -0.25) is 9.59 Å². The summed E-state index contributed by atoms with van der Waals surface area (Å²) in [5.41, 5.74) is 1.74. The number of fused-ring (bicyclic) bond motifs is 5. The number of carbonyl (C=O) groups excluding carboxylic acids is 2. The first-order valence-electron chi connectivity index (χ1n) is 10.7. The molecule has 8 nitrogen and oxygen atoms in total. The maximum atomic E-state index is 13.2. The average Bonchev–Trinajstić information content (AvgIpc) is 3.30. The number of alkyl halides is 3. The van der Waals surface area contributed by atoms with E-state index in [0.29, 0.717) is 5.69 Å². The van der Waals surface area contributed by atoms with Crippen LogP contribution in [-0.4, -0.2) is 51.7 Å². The zero-order valence-corrected chi connectivity index (χ0v) is 19.8. The van der Waals surface area contributed by atoms with Gasteiger partial charge in [-0.2, -0.15) is 18.2 Å². The number of amides is 2. The highest BCUT2D eigenvalue weighted by molar-refractivity contribution is 5.86. The van der Waals surface area contributed by atoms with Gasteiger partial charge in [0.1, 0.15) is 11.4 Å². The van der Waals surface area contributed by atoms with Crippen LogP contribution < -0.4 is 10.6 Å². The lowest BCUT2D eigenvalue weighted by Crippen LogP contribution is -2.38. The largest absolute Gasteiger partial charge is 0.421 e. The first-order chi connectivity index (χ1) is 15.6. The number of halogens is 4. The first kappa shape index (κ1) is 25.5. The Labute approximate surface area is 201 Å². The second kappa shape index (κ2) is 9.65. The van der Waals surface area contributed by atoms with Gasteiger partial charge in [0, 0.05) is 32.4 Å². The monoisotopic (exact) mass is 498 g/mol. The summed E-state index contributed by atoms with van der Waals surface area (Å²) in [6.07, 6.45) is -2.13. The molecule has 4 rings (SSSR count). The molecule has 1 fully saturated rings. The molecule has 184 valence electrons. The number of rotatable bonds is 6. The highest BCUT2D eigenvalue weighted by atomic mass is 35.5. The minimum absolute atomic E-state index is 0. The molecule has 0 spiro atoms. The normalized spacial score (nSPS) is 18.2. The zero-order chi connectivity index (χ0) is 23.9. The van der Waals surface area contributed by atoms with E-state index in [1.54, 1.807) is 20.0 Å². The number of aromatic nitrogens is 2. The van der Waals surface area contributed by atoms with Crippen LogP contribution in [-0.2, 0) is 15.8 Å². The molecule has 34 heavy (non-hydrogen) atoms. The van der Waals surface area contributed by atoms with E-state index in [1.807, 2.05) is 17.0 Å². The summed E-state index contributed by atoms with van der Waals surface area (Å²) in [6.45, 7) is 3.41. The number of carbonyl (C=O) groups is 2. The molecule has 2 N–H and O–H groups in total. The number of nitrogens with zero attached hydrogens (tertiary/aromatic N) is 4. The quantitative estimate of drug-likeness (QED) is 0.617. The molecule has 0 saturated carbocycles. The molecule has 2 aromatic rings. The van der Waals surface area contributed by atoms with Crippen molar-refractivity contribution in [3.05, 3.63) is 41.1 Å². The predicted molar refractivity (Wildman–Crippen MR) is 123 cm³/mol. The second-order valence-corrected chi connectivity index (χ2v) is 8.24. The maximum Gasteiger partial charge on any atom is 0.421 e. The lowest BCUT2D eigenvalue weighted by molar-refractivity contribution is -0.140. The molecule has 1 aromatic carbocycles. The molecule has 2 aliphatic heterocycles. The lowest BCUT2D eigenvalue weighted by atomic mass is 9.91. The summed E-state index contributed by atoms with van der Waals surface area (Å²) in [7, 11) is 1.60. The van der Waals surface area contributed by atoms with Crippen molar-refractivity contribution >= 4 is 41.7 Å². The molecular weight excluding hydrogens is 473 g/mol. The van der Waals surface area contributed by atoms with Crippen molar-refractivity contribution in [2.75, 3.05) is 30.8 Å². The Kier molecular flexibility index (Phi) is 7.25. The van der Waals surface area contributed by atoms with E-state index in [2.05, 4.69) is 20.6 Å². The SMILES string of the molecule is CCNc1nc(Nc2ccc3c(c2)[C@H]2CC[C@@H]3N2C(=O)CN(C)C(C)=O)ncc1C(F)(F)F.Cl. The topological polar surface area (TPSA) is 90.5 Å². The van der Waals surface area contributed by atoms with Crippen LogP contribution in [0.4, 0.5) is 30.6 Å². The summed E-state index contributed by atoms with van der Waals surface area (Å²) in [4.78, 5) is 35.5. The fourth-order valence-electron chi connectivity index (χ4n) is 4.49. The zero-order valence-electron chi connectivity index (χ0n) is 18.9. The van der Waals surface area contributed by atoms with E-state index in [9.17, 15) is 22.8 Å². The van der Waals surface area contributed by atoms with Crippen LogP contribution in [0.3, 0.4) is 0 Å². The van der Waals surface area contributed by atoms with E-state index in [-0.39, 0.29) is 61.2 Å². The average molecular weight is 499 g/mol. The van der Waals surface area contributed by atoms with Crippen LogP contribution in [0.1, 0.15) is 55.5 Å². The Bertz CT molecular complexity index is 1100. The first-order valence-corrected chi connectivity index (χ1v) is 10.7. The molecule has 2 amide bonds. The molecule has 2 bridgehead atoms. The van der Waals surface area contributed by atoms with Gasteiger partial charge in [-0.05, 0) is 43.0 Å². The minimum atomic E-state index is -4.56. The van der Waals surface area contributed by atoms with Crippen LogP contribution in [0.15, 0.2) is 24.4 Å². The number of hydrogen-bond donors (Lipinski definition) is 2. The standard InChI is InChI=1S/C22H25F3N6O2.ClH/c1-4-26-20-16(22(23,24)25)10-27-21(29-20)28-13-5-6-14-15(9-13)18-8-7-17(14)31(18)19(33)11-30(3)12(2)32;/h5-6,9-10,17-18H,4,7-8,11H2,1-3H3,(H2,26,27,28,29);1H/t17-,18+;/m0./s1. The van der Waals surface area contributed by atoms with E-state index in [0.717, 1.165) is 30.2 Å². The summed E-state index contributed by atoms with van der Waals surface area (Å²) in [5, 5.41) is 5.61. The molecule has 0 aliphatic carbocycles. The van der Waals surface area contributed by atoms with Crippen LogP contribution >= 0.6 is 12.4 Å². The van der Waals surface area contributed by atoms with Gasteiger partial charge in [0.2, 0.25) is 17.8 Å². The molecule has 12 heteroatoms. The molecular formula is C22H26ClF3N6O2. The van der Waals surface area contributed by atoms with Crippen molar-refractivity contribution < 1.29 is 22.8 Å². The van der Waals surface area contributed by atoms with Crippen LogP contribution in [0, 0.1) is 0 Å². The Morgan fingerprint density at radius 1 is 1.21 bits per heavy atom. The fraction of sp³-hybridized carbons (Fsp3) is 0.455. The minimum Gasteiger partial charge on any atom is -0.370 e. The third-order valence-corrected chi connectivity index (χ3v) is 6.08. The lowest BCUT2D eigenvalue weighted by Gasteiger charge is -2.25. The summed E-state index contributed by atoms with van der Waals surface area (Å²) in [6, 6.07) is 5.49. The predicted octanol–water partition coefficient (Wildman–Crippen LogP) is 4.29. The maximum absolute atomic E-state index is 13.2. The highest BCUT2D eigenvalue weighted by Crippen LogP contribution is 2.53. The van der Waals surface area contributed by atoms with Crippen molar-refractivity contribution in [2.45, 2.75) is 44.9 Å². The molecule has 2 atom stereocenters. The Morgan fingerprint density at radius 2 is 1.88 bits per heavy atom. The number of likely N-dealkylation sites (N-methyl/N-ethyl adjacent to an activating group) is 1. The summed E-state index contributed by atoms with van der Waals surface area (Å²) in [5.74, 6) is -0.521. The van der Waals surface area contributed by atoms with Crippen LogP contribution in [0.5, 0.6) is 0 Å². The third-order valence-electron chi connectivity index (χ3n) is 6.08. The number of hydrogen-bond acceptors (Lipinski definition) is 6. The molecule has 1 saturated heterocycles. The van der Waals surface area contributed by atoms with E-state index >= 15 is 0 Å². The molecule has 2 aliphatic rings. The summed E-state index contributed by atoms with van der Waals surface area (Å²) >= 11 is 0. The number of anilines is 3. The number of nitrogens with one attached hydrogen (secondary N) is 2. The van der Waals surface area contributed by atoms with Crippen molar-refractivity contribution in [1.82, 2.24) is 19.8 Å². The smallest absolute Gasteiger partial charge is 0.370 e. The van der Waals surface area contributed by atoms with E-state index in [1.165, 1.54) is 11.8 Å². The number of benzene rings is 1. The second-order valence-electron chi connectivity index (χ2n) is 8.24. The van der Waals surface area contributed by atoms with Crippen molar-refractivity contribution in [2.24, 2.45) is 0 Å². The van der Waals surface area contributed by atoms with Crippen molar-refractivity contribution in [3.8, 4) is 0 Å². The van der Waals surface area contributed by atoms with Gasteiger partial charge in [-0.25, -0.2) is 4.98 Å². The third kappa shape index (κ3) is 4.75. The van der Waals surface area contributed by atoms with Gasteiger partial charge in [0.25, 0.3) is 0 Å². The van der Waals surface area contributed by atoms with Gasteiger partial charge in [0.05, 0.1) is 18.6 Å². The van der Waals surface area contributed by atoms with Crippen LogP contribution in [0.2, 0.25) is 0 Å². The molecule has 0 unspecified atom stereocenters. The van der Waals surface area contributed by atoms with Crippen molar-refractivity contribution in [1.29, 1.82) is 0 Å². The highest BCUT2D eigenvalue weighted by Gasteiger charge is 2.46. The Morgan fingerprint density at radius 3 is 2.50 bits per heavy atom. The van der Waals surface area contributed by atoms with Gasteiger partial charge in [0.15, 0.2) is 0 Å². The fourth-order valence-corrected chi connectivity index (χ4v) is 4.49. The van der Waals surface area contributed by atoms with Crippen LogP contribution in [0.25, 0.3) is 0 Å². The van der Waals surface area contributed by atoms with Crippen molar-refractivity contribution in [3.63, 3.8) is 0 Å². The van der Waals surface area contributed by atoms with Gasteiger partial charge in [-0.1, -0.05) is 6.07 Å². The van der Waals surface area contributed by atoms with E-state index in [4.69, 9.17) is 0 Å². The molecule has 0 radical (unpaired) electrons. The molecule has 1 aromatic heterocycles. The summed E-state index contributed by atoms with van der Waals surface area (Å²) < 4.78 is 39.6. The van der Waals surface area contributed by atoms with Gasteiger partial charge >= 0.3 is 6.18 Å².